The number of thiazole rings is 1. The number of nitrogens with zero attached hydrogens (tertiary/aromatic N) is 5. The van der Waals surface area contributed by atoms with E-state index in [1.807, 2.05) is 17.6 Å². The van der Waals surface area contributed by atoms with Gasteiger partial charge in [-0.3, -0.25) is 5.43 Å². The van der Waals surface area contributed by atoms with Crippen molar-refractivity contribution < 1.29 is 0 Å². The minimum Gasteiger partial charge on any atom is -0.353 e. The van der Waals surface area contributed by atoms with E-state index < -0.39 is 0 Å². The molecule has 1 fully saturated rings. The predicted octanol–water partition coefficient (Wildman–Crippen LogP) is 0.545. The predicted molar refractivity (Wildman–Crippen MR) is 76.4 cm³/mol. The standard InChI is InChI=1S/C11H15N7S/c12-16-10-13-2-1-9(15-10)17-4-6-18(7-5-17)11-14-3-8-19-11/h1-3,8H,4-7,12H2,(H,13,15,16). The van der Waals surface area contributed by atoms with E-state index in [0.29, 0.717) is 5.95 Å². The van der Waals surface area contributed by atoms with Crippen molar-refractivity contribution in [2.24, 2.45) is 5.84 Å². The Labute approximate surface area is 115 Å². The monoisotopic (exact) mass is 277 g/mol. The molecule has 2 aromatic heterocycles. The van der Waals surface area contributed by atoms with Gasteiger partial charge in [0.2, 0.25) is 5.95 Å². The first-order chi connectivity index (χ1) is 9.36. The number of anilines is 3. The second-order valence-electron chi connectivity index (χ2n) is 4.17. The highest BCUT2D eigenvalue weighted by Crippen LogP contribution is 2.21. The van der Waals surface area contributed by atoms with E-state index in [1.54, 1.807) is 17.5 Å². The Bertz CT molecular complexity index is 522. The summed E-state index contributed by atoms with van der Waals surface area (Å²) in [4.78, 5) is 17.2. The summed E-state index contributed by atoms with van der Waals surface area (Å²) in [6.07, 6.45) is 3.56. The average Bonchev–Trinajstić information content (AvgIpc) is 3.02. The van der Waals surface area contributed by atoms with Crippen molar-refractivity contribution >= 4 is 28.2 Å². The van der Waals surface area contributed by atoms with Gasteiger partial charge in [-0.25, -0.2) is 15.8 Å². The van der Waals surface area contributed by atoms with Crippen LogP contribution in [0.1, 0.15) is 0 Å². The van der Waals surface area contributed by atoms with E-state index >= 15 is 0 Å². The summed E-state index contributed by atoms with van der Waals surface area (Å²) in [6, 6.07) is 1.90. The Hall–Kier alpha value is -1.93. The van der Waals surface area contributed by atoms with E-state index in [4.69, 9.17) is 5.84 Å². The van der Waals surface area contributed by atoms with Crippen LogP contribution < -0.4 is 21.1 Å². The average molecular weight is 277 g/mol. The second-order valence-corrected chi connectivity index (χ2v) is 5.04. The zero-order chi connectivity index (χ0) is 13.1. The Morgan fingerprint density at radius 2 is 1.89 bits per heavy atom. The Kier molecular flexibility index (Phi) is 3.43. The van der Waals surface area contributed by atoms with Crippen molar-refractivity contribution in [3.05, 3.63) is 23.8 Å². The molecule has 0 bridgehead atoms. The lowest BCUT2D eigenvalue weighted by atomic mass is 10.3. The van der Waals surface area contributed by atoms with Gasteiger partial charge in [0.25, 0.3) is 0 Å². The first kappa shape index (κ1) is 12.1. The van der Waals surface area contributed by atoms with E-state index in [2.05, 4.69) is 30.2 Å². The number of nitrogens with two attached hydrogens (primary N) is 1. The molecule has 2 aromatic rings. The van der Waals surface area contributed by atoms with Crippen LogP contribution in [-0.2, 0) is 0 Å². The molecule has 0 atom stereocenters. The molecule has 100 valence electrons. The normalized spacial score (nSPS) is 15.6. The van der Waals surface area contributed by atoms with Gasteiger partial charge >= 0.3 is 0 Å². The molecule has 0 spiro atoms. The molecule has 1 aliphatic heterocycles. The van der Waals surface area contributed by atoms with Gasteiger partial charge in [0.1, 0.15) is 5.82 Å². The van der Waals surface area contributed by atoms with Gasteiger partial charge < -0.3 is 9.80 Å². The summed E-state index contributed by atoms with van der Waals surface area (Å²) >= 11 is 1.68. The first-order valence-electron chi connectivity index (χ1n) is 6.06. The van der Waals surface area contributed by atoms with Crippen molar-refractivity contribution in [3.63, 3.8) is 0 Å². The number of rotatable bonds is 3. The molecular weight excluding hydrogens is 262 g/mol. The molecule has 19 heavy (non-hydrogen) atoms. The maximum Gasteiger partial charge on any atom is 0.239 e. The van der Waals surface area contributed by atoms with E-state index in [9.17, 15) is 0 Å². The van der Waals surface area contributed by atoms with Crippen LogP contribution in [0.5, 0.6) is 0 Å². The molecule has 8 heteroatoms. The van der Waals surface area contributed by atoms with Crippen molar-refractivity contribution in [2.75, 3.05) is 41.4 Å². The number of hydrogen-bond donors (Lipinski definition) is 2. The molecule has 0 saturated carbocycles. The lowest BCUT2D eigenvalue weighted by molar-refractivity contribution is 0.645. The summed E-state index contributed by atoms with van der Waals surface area (Å²) in [5.41, 5.74) is 2.47. The van der Waals surface area contributed by atoms with Gasteiger partial charge in [0.15, 0.2) is 5.13 Å². The van der Waals surface area contributed by atoms with Gasteiger partial charge in [-0.1, -0.05) is 0 Å². The van der Waals surface area contributed by atoms with Crippen LogP contribution in [0.3, 0.4) is 0 Å². The fourth-order valence-electron chi connectivity index (χ4n) is 2.09. The van der Waals surface area contributed by atoms with Crippen LogP contribution >= 0.6 is 11.3 Å². The smallest absolute Gasteiger partial charge is 0.239 e. The molecule has 3 N–H and O–H groups in total. The quantitative estimate of drug-likeness (QED) is 0.626. The molecule has 0 aliphatic carbocycles. The minimum absolute atomic E-state index is 0.444. The van der Waals surface area contributed by atoms with Crippen LogP contribution in [0.4, 0.5) is 16.9 Å². The Morgan fingerprint density at radius 3 is 2.58 bits per heavy atom. The van der Waals surface area contributed by atoms with Crippen molar-refractivity contribution in [3.8, 4) is 0 Å². The fourth-order valence-corrected chi connectivity index (χ4v) is 2.79. The van der Waals surface area contributed by atoms with Crippen molar-refractivity contribution in [1.29, 1.82) is 0 Å². The number of piperazine rings is 1. The number of hydrazine groups is 1. The zero-order valence-corrected chi connectivity index (χ0v) is 11.2. The van der Waals surface area contributed by atoms with Gasteiger partial charge in [-0.05, 0) is 6.07 Å². The molecular formula is C11H15N7S. The molecule has 0 radical (unpaired) electrons. The molecule has 1 saturated heterocycles. The molecule has 1 aliphatic rings. The molecule has 3 heterocycles. The summed E-state index contributed by atoms with van der Waals surface area (Å²) < 4.78 is 0. The van der Waals surface area contributed by atoms with Crippen LogP contribution in [0.25, 0.3) is 0 Å². The summed E-state index contributed by atoms with van der Waals surface area (Å²) in [5.74, 6) is 6.67. The van der Waals surface area contributed by atoms with Gasteiger partial charge in [-0.2, -0.15) is 4.98 Å². The van der Waals surface area contributed by atoms with E-state index in [-0.39, 0.29) is 0 Å². The third kappa shape index (κ3) is 2.59. The number of nitrogens with one attached hydrogen (secondary N) is 1. The van der Waals surface area contributed by atoms with Gasteiger partial charge in [0.05, 0.1) is 0 Å². The third-order valence-corrected chi connectivity index (χ3v) is 3.90. The fraction of sp³-hybridized carbons (Fsp3) is 0.364. The maximum atomic E-state index is 5.33. The van der Waals surface area contributed by atoms with Crippen LogP contribution in [0.15, 0.2) is 23.8 Å². The van der Waals surface area contributed by atoms with Crippen molar-refractivity contribution in [1.82, 2.24) is 15.0 Å². The number of aromatic nitrogens is 3. The Morgan fingerprint density at radius 1 is 1.11 bits per heavy atom. The topological polar surface area (TPSA) is 83.2 Å². The molecule has 0 amide bonds. The van der Waals surface area contributed by atoms with Gasteiger partial charge in [0, 0.05) is 44.0 Å². The number of hydrogen-bond acceptors (Lipinski definition) is 8. The molecule has 0 unspecified atom stereocenters. The first-order valence-corrected chi connectivity index (χ1v) is 6.94. The van der Waals surface area contributed by atoms with Crippen LogP contribution in [0.2, 0.25) is 0 Å². The minimum atomic E-state index is 0.444. The SMILES string of the molecule is NNc1nccc(N2CCN(c3nccs3)CC2)n1. The third-order valence-electron chi connectivity index (χ3n) is 3.06. The molecule has 0 aromatic carbocycles. The van der Waals surface area contributed by atoms with Crippen LogP contribution in [-0.4, -0.2) is 41.1 Å². The van der Waals surface area contributed by atoms with E-state index in [0.717, 1.165) is 37.1 Å². The lowest BCUT2D eigenvalue weighted by Crippen LogP contribution is -2.46. The number of nitrogen functional groups attached to an aromatic ring is 1. The van der Waals surface area contributed by atoms with Crippen LogP contribution in [0, 0.1) is 0 Å². The van der Waals surface area contributed by atoms with Crippen molar-refractivity contribution in [2.45, 2.75) is 0 Å². The Balaban J connectivity index is 1.66. The summed E-state index contributed by atoms with van der Waals surface area (Å²) in [7, 11) is 0. The highest BCUT2D eigenvalue weighted by atomic mass is 32.1. The van der Waals surface area contributed by atoms with Gasteiger partial charge in [-0.15, -0.1) is 11.3 Å². The lowest BCUT2D eigenvalue weighted by Gasteiger charge is -2.35. The van der Waals surface area contributed by atoms with E-state index in [1.165, 1.54) is 0 Å². The summed E-state index contributed by atoms with van der Waals surface area (Å²) in [5, 5.41) is 3.09. The second kappa shape index (κ2) is 5.37. The maximum absolute atomic E-state index is 5.33. The molecule has 3 rings (SSSR count). The highest BCUT2D eigenvalue weighted by Gasteiger charge is 2.19. The molecule has 7 nitrogen and oxygen atoms in total. The largest absolute Gasteiger partial charge is 0.353 e. The summed E-state index contributed by atoms with van der Waals surface area (Å²) in [6.45, 7) is 3.73. The highest BCUT2D eigenvalue weighted by molar-refractivity contribution is 7.13. The zero-order valence-electron chi connectivity index (χ0n) is 10.4.